The summed E-state index contributed by atoms with van der Waals surface area (Å²) >= 11 is 0. The molecule has 1 atom stereocenters. The van der Waals surface area contributed by atoms with Crippen molar-refractivity contribution >= 4 is 0 Å². The van der Waals surface area contributed by atoms with E-state index in [2.05, 4.69) is 6.58 Å². The first-order chi connectivity index (χ1) is 10.3. The molecule has 0 aliphatic carbocycles. The minimum absolute atomic E-state index is 0.0670. The van der Waals surface area contributed by atoms with E-state index in [-0.39, 0.29) is 11.6 Å². The van der Waals surface area contributed by atoms with Gasteiger partial charge in [-0.15, -0.1) is 0 Å². The molecular weight excluding hydrogens is 320 g/mol. The third-order valence-electron chi connectivity index (χ3n) is 3.28. The Morgan fingerprint density at radius 3 is 1.57 bits per heavy atom. The van der Waals surface area contributed by atoms with Crippen molar-refractivity contribution in [2.24, 2.45) is 0 Å². The Hall–Kier alpha value is -1.66. The van der Waals surface area contributed by atoms with Gasteiger partial charge < -0.3 is 4.90 Å². The second-order valence-corrected chi connectivity index (χ2v) is 4.86. The molecule has 1 rings (SSSR count). The van der Waals surface area contributed by atoms with Crippen molar-refractivity contribution < 1.29 is 26.3 Å². The van der Waals surface area contributed by atoms with Gasteiger partial charge in [-0.1, -0.05) is 20.4 Å². The number of allylic oxidation sites excluding steroid dienone is 1. The van der Waals surface area contributed by atoms with E-state index in [0.717, 1.165) is 12.1 Å². The topological polar surface area (TPSA) is 3.24 Å². The van der Waals surface area contributed by atoms with Gasteiger partial charge in [-0.3, -0.25) is 0 Å². The van der Waals surface area contributed by atoms with E-state index >= 15 is 0 Å². The van der Waals surface area contributed by atoms with Gasteiger partial charge in [0, 0.05) is 12.7 Å². The fourth-order valence-corrected chi connectivity index (χ4v) is 1.77. The quantitative estimate of drug-likeness (QED) is 0.585. The maximum absolute atomic E-state index is 12.8. The maximum atomic E-state index is 12.8. The third kappa shape index (κ3) is 5.80. The van der Waals surface area contributed by atoms with E-state index in [1.165, 1.54) is 11.8 Å². The number of rotatable bonds is 3. The number of nitrogens with zero attached hydrogens (tertiary/aromatic N) is 1. The van der Waals surface area contributed by atoms with Gasteiger partial charge in [-0.25, -0.2) is 0 Å². The maximum Gasteiger partial charge on any atom is 0.416 e. The molecule has 0 radical (unpaired) electrons. The van der Waals surface area contributed by atoms with E-state index in [0.29, 0.717) is 5.70 Å². The molecule has 1 nitrogen and oxygen atoms in total. The van der Waals surface area contributed by atoms with Crippen molar-refractivity contribution in [1.82, 2.24) is 4.90 Å². The summed E-state index contributed by atoms with van der Waals surface area (Å²) in [4.78, 5) is 1.51. The minimum Gasteiger partial charge on any atom is -0.372 e. The lowest BCUT2D eigenvalue weighted by Crippen LogP contribution is -2.21. The molecule has 1 unspecified atom stereocenters. The van der Waals surface area contributed by atoms with E-state index in [1.807, 2.05) is 13.8 Å². The largest absolute Gasteiger partial charge is 0.416 e. The Kier molecular flexibility index (Phi) is 7.19. The van der Waals surface area contributed by atoms with Crippen molar-refractivity contribution in [3.8, 4) is 0 Å². The van der Waals surface area contributed by atoms with Gasteiger partial charge in [-0.05, 0) is 37.6 Å². The zero-order chi connectivity index (χ0) is 18.6. The average molecular weight is 341 g/mol. The van der Waals surface area contributed by atoms with Crippen LogP contribution in [0.4, 0.5) is 26.3 Å². The van der Waals surface area contributed by atoms with Crippen LogP contribution in [-0.4, -0.2) is 11.9 Å². The van der Waals surface area contributed by atoms with Crippen molar-refractivity contribution in [2.75, 3.05) is 7.05 Å². The minimum atomic E-state index is -4.84. The molecule has 0 fully saturated rings. The van der Waals surface area contributed by atoms with Crippen LogP contribution in [0.15, 0.2) is 30.5 Å². The van der Waals surface area contributed by atoms with E-state index in [4.69, 9.17) is 0 Å². The number of hydrogen-bond donors (Lipinski definition) is 0. The van der Waals surface area contributed by atoms with E-state index < -0.39 is 29.5 Å². The molecule has 0 bridgehead atoms. The summed E-state index contributed by atoms with van der Waals surface area (Å²) < 4.78 is 76.6. The Bertz CT molecular complexity index is 498. The van der Waals surface area contributed by atoms with Crippen LogP contribution < -0.4 is 0 Å². The number of hydrogen-bond acceptors (Lipinski definition) is 1. The summed E-state index contributed by atoms with van der Waals surface area (Å²) in [6.07, 6.45) is -9.67. The molecule has 0 aromatic heterocycles. The van der Waals surface area contributed by atoms with Gasteiger partial charge in [-0.2, -0.15) is 26.3 Å². The van der Waals surface area contributed by atoms with Gasteiger partial charge in [0.1, 0.15) is 0 Å². The monoisotopic (exact) mass is 341 g/mol. The lowest BCUT2D eigenvalue weighted by atomic mass is 9.99. The predicted molar refractivity (Wildman–Crippen MR) is 78.8 cm³/mol. The van der Waals surface area contributed by atoms with Crippen LogP contribution in [0.25, 0.3) is 0 Å². The van der Waals surface area contributed by atoms with Crippen LogP contribution >= 0.6 is 0 Å². The molecule has 0 saturated heterocycles. The standard InChI is InChI=1S/C14H15F6N.C2H6/c1-8(2)21(4)9(3)10-5-11(13(15,16)17)7-12(6-10)14(18,19)20;1-2/h5-7,9H,1H2,2-4H3;1-2H3. The molecule has 0 aliphatic heterocycles. The lowest BCUT2D eigenvalue weighted by molar-refractivity contribution is -0.143. The summed E-state index contributed by atoms with van der Waals surface area (Å²) in [5.74, 6) is 0. The average Bonchev–Trinajstić information content (AvgIpc) is 2.45. The fourth-order valence-electron chi connectivity index (χ4n) is 1.77. The van der Waals surface area contributed by atoms with E-state index in [9.17, 15) is 26.3 Å². The van der Waals surface area contributed by atoms with Gasteiger partial charge >= 0.3 is 12.4 Å². The molecule has 23 heavy (non-hydrogen) atoms. The van der Waals surface area contributed by atoms with Crippen LogP contribution in [0.5, 0.6) is 0 Å². The second kappa shape index (κ2) is 7.75. The summed E-state index contributed by atoms with van der Waals surface area (Å²) in [6.45, 7) is 10.8. The molecule has 0 heterocycles. The Labute approximate surface area is 132 Å². The summed E-state index contributed by atoms with van der Waals surface area (Å²) in [6, 6.07) is 0.932. The normalized spacial score (nSPS) is 13.0. The number of halogens is 6. The lowest BCUT2D eigenvalue weighted by Gasteiger charge is -2.28. The summed E-state index contributed by atoms with van der Waals surface area (Å²) in [5, 5.41) is 0. The first-order valence-electron chi connectivity index (χ1n) is 7.01. The highest BCUT2D eigenvalue weighted by Crippen LogP contribution is 2.38. The Morgan fingerprint density at radius 1 is 0.957 bits per heavy atom. The van der Waals surface area contributed by atoms with Gasteiger partial charge in [0.05, 0.1) is 17.2 Å². The molecule has 1 aromatic rings. The van der Waals surface area contributed by atoms with Crippen LogP contribution in [0.2, 0.25) is 0 Å². The molecule has 0 aliphatic rings. The molecule has 0 N–H and O–H groups in total. The first kappa shape index (κ1) is 21.3. The van der Waals surface area contributed by atoms with Crippen molar-refractivity contribution in [2.45, 2.75) is 46.1 Å². The van der Waals surface area contributed by atoms with Gasteiger partial charge in [0.15, 0.2) is 0 Å². The predicted octanol–water partition coefficient (Wildman–Crippen LogP) is 6.28. The number of alkyl halides is 6. The molecule has 1 aromatic carbocycles. The van der Waals surface area contributed by atoms with E-state index in [1.54, 1.807) is 14.0 Å². The number of benzene rings is 1. The first-order valence-corrected chi connectivity index (χ1v) is 7.01. The zero-order valence-corrected chi connectivity index (χ0v) is 13.7. The van der Waals surface area contributed by atoms with Crippen LogP contribution in [0, 0.1) is 0 Å². The fraction of sp³-hybridized carbons (Fsp3) is 0.500. The van der Waals surface area contributed by atoms with Crippen LogP contribution in [0.1, 0.15) is 50.4 Å². The third-order valence-corrected chi connectivity index (χ3v) is 3.28. The molecule has 0 amide bonds. The molecule has 0 saturated carbocycles. The SMILES string of the molecule is C=C(C)N(C)C(C)c1cc(C(F)(F)F)cc(C(F)(F)F)c1.CC. The Balaban J connectivity index is 0.00000232. The molecule has 7 heteroatoms. The Morgan fingerprint density at radius 2 is 1.30 bits per heavy atom. The second-order valence-electron chi connectivity index (χ2n) is 4.86. The van der Waals surface area contributed by atoms with Crippen molar-refractivity contribution in [3.05, 3.63) is 47.2 Å². The van der Waals surface area contributed by atoms with Crippen molar-refractivity contribution in [3.63, 3.8) is 0 Å². The van der Waals surface area contributed by atoms with Gasteiger partial charge in [0.25, 0.3) is 0 Å². The van der Waals surface area contributed by atoms with Crippen LogP contribution in [0.3, 0.4) is 0 Å². The van der Waals surface area contributed by atoms with Gasteiger partial charge in [0.2, 0.25) is 0 Å². The van der Waals surface area contributed by atoms with Crippen LogP contribution in [-0.2, 0) is 12.4 Å². The highest BCUT2D eigenvalue weighted by molar-refractivity contribution is 5.35. The molecule has 132 valence electrons. The summed E-state index contributed by atoms with van der Waals surface area (Å²) in [7, 11) is 1.56. The smallest absolute Gasteiger partial charge is 0.372 e. The zero-order valence-electron chi connectivity index (χ0n) is 13.7. The molecular formula is C16H21F6N. The van der Waals surface area contributed by atoms with Crippen molar-refractivity contribution in [1.29, 1.82) is 0 Å². The summed E-state index contributed by atoms with van der Waals surface area (Å²) in [5.41, 5.74) is -2.15. The highest BCUT2D eigenvalue weighted by atomic mass is 19.4. The highest BCUT2D eigenvalue weighted by Gasteiger charge is 2.37. The molecule has 0 spiro atoms.